The number of hydrogen-bond acceptors (Lipinski definition) is 4. The molecule has 3 N–H and O–H groups in total. The minimum absolute atomic E-state index is 0.330. The normalized spacial score (nSPS) is 45.2. The quantitative estimate of drug-likeness (QED) is 0.568. The molecule has 0 radical (unpaired) electrons. The third-order valence-electron chi connectivity index (χ3n) is 7.69. The van der Waals surface area contributed by atoms with Gasteiger partial charge in [0.25, 0.3) is 0 Å². The number of hydrogen-bond donors (Lipinski definition) is 2. The first-order valence-corrected chi connectivity index (χ1v) is 10.7. The summed E-state index contributed by atoms with van der Waals surface area (Å²) >= 11 is 0. The van der Waals surface area contributed by atoms with Crippen molar-refractivity contribution < 1.29 is 0 Å². The van der Waals surface area contributed by atoms with E-state index in [1.807, 2.05) is 0 Å². The highest BCUT2D eigenvalue weighted by molar-refractivity contribution is 5.22. The van der Waals surface area contributed by atoms with Crippen molar-refractivity contribution in [1.29, 1.82) is 0 Å². The van der Waals surface area contributed by atoms with Gasteiger partial charge in [-0.15, -0.1) is 0 Å². The Bertz CT molecular complexity index is 556. The Morgan fingerprint density at radius 1 is 1.04 bits per heavy atom. The monoisotopic (exact) mass is 342 g/mol. The summed E-state index contributed by atoms with van der Waals surface area (Å²) in [5.41, 5.74) is 1.68. The van der Waals surface area contributed by atoms with Crippen LogP contribution in [0.3, 0.4) is 0 Å². The van der Waals surface area contributed by atoms with Gasteiger partial charge in [-0.05, 0) is 68.9 Å². The predicted octanol–water partition coefficient (Wildman–Crippen LogP) is 2.98. The van der Waals surface area contributed by atoms with Crippen molar-refractivity contribution in [2.75, 3.05) is 13.1 Å². The van der Waals surface area contributed by atoms with Crippen LogP contribution in [0.5, 0.6) is 0 Å². The summed E-state index contributed by atoms with van der Waals surface area (Å²) in [7, 11) is 0. The van der Waals surface area contributed by atoms with Gasteiger partial charge < -0.3 is 5.32 Å². The topological polar surface area (TPSA) is 44.5 Å². The second-order valence-corrected chi connectivity index (χ2v) is 8.92. The van der Waals surface area contributed by atoms with E-state index in [0.717, 1.165) is 24.8 Å². The van der Waals surface area contributed by atoms with Crippen molar-refractivity contribution in [2.45, 2.75) is 76.2 Å². The molecule has 0 aromatic carbocycles. The fourth-order valence-electron chi connectivity index (χ4n) is 6.56. The van der Waals surface area contributed by atoms with Crippen LogP contribution in [-0.4, -0.2) is 41.4 Å². The molecule has 0 amide bonds. The summed E-state index contributed by atoms with van der Waals surface area (Å²) in [6.07, 6.45) is 20.0. The molecule has 6 unspecified atom stereocenters. The predicted molar refractivity (Wildman–Crippen MR) is 101 cm³/mol. The van der Waals surface area contributed by atoms with E-state index in [-0.39, 0.29) is 0 Å². The molecule has 138 valence electrons. The molecule has 0 aromatic heterocycles. The van der Waals surface area contributed by atoms with Crippen LogP contribution >= 0.6 is 0 Å². The Labute approximate surface area is 152 Å². The standard InChI is InChI=1S/C21H34N4/c22-25-19-12-4-3-10-18(19)20-23-13-6-14-24(20)21(25)17-11-5-8-15-7-1-2-9-16(15)17/h3-4,11,15-16,18-21,23H,1-2,5-10,12-14,22H2. The molecule has 4 heteroatoms. The van der Waals surface area contributed by atoms with Gasteiger partial charge in [-0.2, -0.15) is 0 Å². The number of nitrogens with zero attached hydrogens (tertiary/aromatic N) is 2. The Morgan fingerprint density at radius 3 is 2.88 bits per heavy atom. The van der Waals surface area contributed by atoms with Crippen LogP contribution in [0.25, 0.3) is 0 Å². The molecule has 3 aliphatic carbocycles. The fraction of sp³-hybridized carbons (Fsp3) is 0.810. The molecule has 3 fully saturated rings. The number of nitrogens with one attached hydrogen (secondary N) is 1. The van der Waals surface area contributed by atoms with Gasteiger partial charge in [0, 0.05) is 18.5 Å². The summed E-state index contributed by atoms with van der Waals surface area (Å²) in [5.74, 6) is 9.23. The van der Waals surface area contributed by atoms with Crippen LogP contribution in [0, 0.1) is 17.8 Å². The van der Waals surface area contributed by atoms with Crippen LogP contribution in [0.2, 0.25) is 0 Å². The lowest BCUT2D eigenvalue weighted by Gasteiger charge is -2.59. The number of fused-ring (bicyclic) bond motifs is 4. The third kappa shape index (κ3) is 2.73. The van der Waals surface area contributed by atoms with Gasteiger partial charge in [0.2, 0.25) is 0 Å². The van der Waals surface area contributed by atoms with E-state index < -0.39 is 0 Å². The zero-order valence-electron chi connectivity index (χ0n) is 15.4. The van der Waals surface area contributed by atoms with Crippen molar-refractivity contribution in [2.24, 2.45) is 23.6 Å². The van der Waals surface area contributed by atoms with Crippen LogP contribution in [0.4, 0.5) is 0 Å². The van der Waals surface area contributed by atoms with Crippen molar-refractivity contribution >= 4 is 0 Å². The van der Waals surface area contributed by atoms with Crippen molar-refractivity contribution in [3.8, 4) is 0 Å². The Hall–Kier alpha value is -0.680. The van der Waals surface area contributed by atoms with E-state index in [9.17, 15) is 0 Å². The largest absolute Gasteiger partial charge is 0.301 e. The average Bonchev–Trinajstić information content (AvgIpc) is 2.68. The van der Waals surface area contributed by atoms with E-state index >= 15 is 0 Å². The molecule has 2 heterocycles. The van der Waals surface area contributed by atoms with Crippen molar-refractivity contribution in [1.82, 2.24) is 15.2 Å². The number of hydrazine groups is 1. The first kappa shape index (κ1) is 16.5. The van der Waals surface area contributed by atoms with Crippen LogP contribution in [0.15, 0.2) is 23.8 Å². The van der Waals surface area contributed by atoms with Gasteiger partial charge in [0.1, 0.15) is 0 Å². The first-order valence-electron chi connectivity index (χ1n) is 10.7. The lowest BCUT2D eigenvalue weighted by molar-refractivity contribution is -0.115. The molecule has 1 saturated carbocycles. The average molecular weight is 343 g/mol. The minimum Gasteiger partial charge on any atom is -0.301 e. The third-order valence-corrected chi connectivity index (χ3v) is 7.69. The number of nitrogens with two attached hydrogens (primary N) is 1. The van der Waals surface area contributed by atoms with E-state index in [1.165, 1.54) is 57.9 Å². The molecule has 0 aromatic rings. The van der Waals surface area contributed by atoms with Gasteiger partial charge in [0.15, 0.2) is 0 Å². The minimum atomic E-state index is 0.330. The van der Waals surface area contributed by atoms with Crippen LogP contribution in [-0.2, 0) is 0 Å². The molecule has 4 nitrogen and oxygen atoms in total. The Balaban J connectivity index is 1.50. The summed E-state index contributed by atoms with van der Waals surface area (Å²) in [4.78, 5) is 2.73. The van der Waals surface area contributed by atoms with E-state index in [1.54, 1.807) is 5.57 Å². The fourth-order valence-corrected chi connectivity index (χ4v) is 6.56. The summed E-state index contributed by atoms with van der Waals surface area (Å²) < 4.78 is 0. The van der Waals surface area contributed by atoms with Gasteiger partial charge in [-0.3, -0.25) is 10.7 Å². The molecule has 2 aliphatic heterocycles. The zero-order valence-corrected chi connectivity index (χ0v) is 15.4. The lowest BCUT2D eigenvalue weighted by atomic mass is 9.68. The maximum absolute atomic E-state index is 6.88. The van der Waals surface area contributed by atoms with E-state index in [2.05, 4.69) is 33.5 Å². The summed E-state index contributed by atoms with van der Waals surface area (Å²) in [6, 6.07) is 0.492. The molecule has 2 saturated heterocycles. The lowest BCUT2D eigenvalue weighted by Crippen LogP contribution is -2.74. The van der Waals surface area contributed by atoms with Crippen molar-refractivity contribution in [3.05, 3.63) is 23.8 Å². The van der Waals surface area contributed by atoms with Gasteiger partial charge >= 0.3 is 0 Å². The van der Waals surface area contributed by atoms with Gasteiger partial charge in [-0.25, -0.2) is 5.01 Å². The second-order valence-electron chi connectivity index (χ2n) is 8.92. The zero-order chi connectivity index (χ0) is 16.8. The Kier molecular flexibility index (Phi) is 4.49. The van der Waals surface area contributed by atoms with Crippen molar-refractivity contribution in [3.63, 3.8) is 0 Å². The number of allylic oxidation sites excluding steroid dienone is 2. The first-order chi connectivity index (χ1) is 12.3. The second kappa shape index (κ2) is 6.80. The molecular formula is C21H34N4. The van der Waals surface area contributed by atoms with Gasteiger partial charge in [-0.1, -0.05) is 31.1 Å². The highest BCUT2D eigenvalue weighted by atomic mass is 15.6. The van der Waals surface area contributed by atoms with Crippen LogP contribution < -0.4 is 11.2 Å². The molecule has 0 spiro atoms. The van der Waals surface area contributed by atoms with E-state index in [0.29, 0.717) is 24.3 Å². The highest BCUT2D eigenvalue weighted by Crippen LogP contribution is 2.46. The van der Waals surface area contributed by atoms with Gasteiger partial charge in [0.05, 0.1) is 12.3 Å². The molecule has 5 rings (SSSR count). The smallest absolute Gasteiger partial charge is 0.0992 e. The summed E-state index contributed by atoms with van der Waals surface area (Å²) in [5, 5.41) is 6.14. The molecule has 25 heavy (non-hydrogen) atoms. The van der Waals surface area contributed by atoms with Crippen LogP contribution in [0.1, 0.15) is 57.8 Å². The summed E-state index contributed by atoms with van der Waals surface area (Å²) in [6.45, 7) is 2.36. The van der Waals surface area contributed by atoms with E-state index in [4.69, 9.17) is 5.84 Å². The Morgan fingerprint density at radius 2 is 1.92 bits per heavy atom. The number of rotatable bonds is 1. The maximum atomic E-state index is 6.88. The molecular weight excluding hydrogens is 308 g/mol. The molecule has 5 aliphatic rings. The molecule has 6 atom stereocenters. The highest BCUT2D eigenvalue weighted by Gasteiger charge is 2.50. The maximum Gasteiger partial charge on any atom is 0.0992 e. The SMILES string of the molecule is NN1C2CC=CCC2C2NCCCN2C1C1=CCCC2CCCCC12. The molecule has 0 bridgehead atoms.